The van der Waals surface area contributed by atoms with Crippen molar-refractivity contribution in [1.29, 1.82) is 0 Å². The summed E-state index contributed by atoms with van der Waals surface area (Å²) in [4.78, 5) is 16.9. The Kier molecular flexibility index (Phi) is 11.5. The van der Waals surface area contributed by atoms with E-state index in [4.69, 9.17) is 16.0 Å². The number of oxazole rings is 1. The molecule has 3 rings (SSSR count). The van der Waals surface area contributed by atoms with Crippen LogP contribution in [0.3, 0.4) is 0 Å². The molecule has 0 unspecified atom stereocenters. The number of fused-ring (bicyclic) bond motifs is 1. The van der Waals surface area contributed by atoms with Gasteiger partial charge in [0.1, 0.15) is 5.52 Å². The Balaban J connectivity index is 1.28. The molecule has 0 radical (unpaired) electrons. The van der Waals surface area contributed by atoms with Crippen LogP contribution in [-0.4, -0.2) is 10.9 Å². The number of rotatable bonds is 16. The third-order valence-corrected chi connectivity index (χ3v) is 6.52. The second-order valence-corrected chi connectivity index (χ2v) is 9.69. The molecule has 184 valence electrons. The zero-order valence-electron chi connectivity index (χ0n) is 20.6. The summed E-state index contributed by atoms with van der Waals surface area (Å²) < 4.78 is 5.84. The van der Waals surface area contributed by atoms with Gasteiger partial charge in [-0.2, -0.15) is 0 Å². The molecule has 0 bridgehead atoms. The molecule has 0 aliphatic rings. The summed E-state index contributed by atoms with van der Waals surface area (Å²) in [5.41, 5.74) is 3.04. The molecule has 0 spiro atoms. The lowest BCUT2D eigenvalue weighted by molar-refractivity contribution is -0.116. The monoisotopic (exact) mass is 482 g/mol. The molecular formula is C29H39ClN2O2. The average molecular weight is 483 g/mol. The molecule has 0 fully saturated rings. The average Bonchev–Trinajstić information content (AvgIpc) is 3.26. The third-order valence-electron chi connectivity index (χ3n) is 6.27. The van der Waals surface area contributed by atoms with Crippen molar-refractivity contribution in [2.24, 2.45) is 0 Å². The Bertz CT molecular complexity index is 997. The maximum atomic E-state index is 12.3. The van der Waals surface area contributed by atoms with E-state index >= 15 is 0 Å². The Morgan fingerprint density at radius 3 is 2.03 bits per heavy atom. The molecule has 0 aliphatic heterocycles. The topological polar surface area (TPSA) is 55.1 Å². The first-order chi connectivity index (χ1) is 16.7. The molecule has 0 saturated carbocycles. The van der Waals surface area contributed by atoms with Crippen molar-refractivity contribution in [1.82, 2.24) is 4.98 Å². The molecule has 1 amide bonds. The number of unbranched alkanes of at least 4 members (excludes halogenated alkanes) is 12. The van der Waals surface area contributed by atoms with Gasteiger partial charge in [-0.3, -0.25) is 4.79 Å². The molecule has 5 heteroatoms. The molecule has 1 heterocycles. The van der Waals surface area contributed by atoms with Gasteiger partial charge in [0.25, 0.3) is 0 Å². The van der Waals surface area contributed by atoms with Crippen LogP contribution in [0.1, 0.15) is 96.8 Å². The smallest absolute Gasteiger partial charge is 0.227 e. The molecule has 4 nitrogen and oxygen atoms in total. The Morgan fingerprint density at radius 2 is 1.41 bits per heavy atom. The van der Waals surface area contributed by atoms with Crippen LogP contribution in [-0.2, 0) is 4.79 Å². The number of carbonyl (C=O) groups excluding carboxylic acids is 1. The molecule has 3 aromatic rings. The van der Waals surface area contributed by atoms with E-state index in [1.807, 2.05) is 42.5 Å². The van der Waals surface area contributed by atoms with Crippen molar-refractivity contribution < 1.29 is 9.21 Å². The van der Waals surface area contributed by atoms with Gasteiger partial charge in [-0.25, -0.2) is 4.98 Å². The van der Waals surface area contributed by atoms with Gasteiger partial charge in [-0.1, -0.05) is 95.6 Å². The minimum absolute atomic E-state index is 0.0591. The van der Waals surface area contributed by atoms with E-state index < -0.39 is 0 Å². The summed E-state index contributed by atoms with van der Waals surface area (Å²) in [6.07, 6.45) is 17.5. The second-order valence-electron chi connectivity index (χ2n) is 9.25. The number of aromatic nitrogens is 1. The quantitative estimate of drug-likeness (QED) is 0.207. The summed E-state index contributed by atoms with van der Waals surface area (Å²) in [6.45, 7) is 2.27. The molecule has 1 aromatic heterocycles. The standard InChI is InChI=1S/C29H39ClN2O2/c1-2-3-4-5-6-7-8-9-10-11-12-13-14-15-28(33)31-25-20-21-27-26(22-25)32-29(34-27)23-16-18-24(30)19-17-23/h16-22H,2-15H2,1H3,(H,31,33). The lowest BCUT2D eigenvalue weighted by atomic mass is 10.0. The number of hydrogen-bond donors (Lipinski definition) is 1. The third kappa shape index (κ3) is 9.13. The largest absolute Gasteiger partial charge is 0.436 e. The number of nitrogens with one attached hydrogen (secondary N) is 1. The first-order valence-corrected chi connectivity index (χ1v) is 13.5. The van der Waals surface area contributed by atoms with E-state index in [0.29, 0.717) is 22.9 Å². The van der Waals surface area contributed by atoms with Crippen LogP contribution in [0.5, 0.6) is 0 Å². The van der Waals surface area contributed by atoms with Crippen LogP contribution in [0.2, 0.25) is 5.02 Å². The Hall–Kier alpha value is -2.33. The molecule has 0 saturated heterocycles. The van der Waals surface area contributed by atoms with Crippen molar-refractivity contribution in [3.8, 4) is 11.5 Å². The SMILES string of the molecule is CCCCCCCCCCCCCCCC(=O)Nc1ccc2oc(-c3ccc(Cl)cc3)nc2c1. The fourth-order valence-electron chi connectivity index (χ4n) is 4.25. The van der Waals surface area contributed by atoms with Crippen LogP contribution >= 0.6 is 11.6 Å². The summed E-state index contributed by atoms with van der Waals surface area (Å²) in [7, 11) is 0. The van der Waals surface area contributed by atoms with Crippen LogP contribution < -0.4 is 5.32 Å². The van der Waals surface area contributed by atoms with Gasteiger partial charge in [0, 0.05) is 22.7 Å². The van der Waals surface area contributed by atoms with Crippen LogP contribution in [0.4, 0.5) is 5.69 Å². The van der Waals surface area contributed by atoms with E-state index in [9.17, 15) is 4.79 Å². The predicted molar refractivity (Wildman–Crippen MR) is 143 cm³/mol. The fraction of sp³-hybridized carbons (Fsp3) is 0.517. The number of halogens is 1. The van der Waals surface area contributed by atoms with Gasteiger partial charge in [0.2, 0.25) is 11.8 Å². The van der Waals surface area contributed by atoms with Gasteiger partial charge in [0.15, 0.2) is 5.58 Å². The number of amides is 1. The highest BCUT2D eigenvalue weighted by Crippen LogP contribution is 2.27. The van der Waals surface area contributed by atoms with Crippen LogP contribution in [0.25, 0.3) is 22.6 Å². The van der Waals surface area contributed by atoms with E-state index in [1.54, 1.807) is 0 Å². The predicted octanol–water partition coefficient (Wildman–Crippen LogP) is 9.57. The molecule has 2 aromatic carbocycles. The van der Waals surface area contributed by atoms with Crippen LogP contribution in [0.15, 0.2) is 46.9 Å². The van der Waals surface area contributed by atoms with Crippen molar-refractivity contribution in [3.63, 3.8) is 0 Å². The van der Waals surface area contributed by atoms with Crippen molar-refractivity contribution >= 4 is 34.3 Å². The maximum Gasteiger partial charge on any atom is 0.227 e. The van der Waals surface area contributed by atoms with Gasteiger partial charge < -0.3 is 9.73 Å². The number of hydrogen-bond acceptors (Lipinski definition) is 3. The number of anilines is 1. The molecular weight excluding hydrogens is 444 g/mol. The minimum atomic E-state index is 0.0591. The Labute approximate surface area is 209 Å². The van der Waals surface area contributed by atoms with Gasteiger partial charge in [-0.15, -0.1) is 0 Å². The van der Waals surface area contributed by atoms with Crippen molar-refractivity contribution in [3.05, 3.63) is 47.5 Å². The first-order valence-electron chi connectivity index (χ1n) is 13.1. The molecule has 0 atom stereocenters. The van der Waals surface area contributed by atoms with E-state index in [1.165, 1.54) is 70.6 Å². The second kappa shape index (κ2) is 14.8. The fourth-order valence-corrected chi connectivity index (χ4v) is 4.37. The lowest BCUT2D eigenvalue weighted by Crippen LogP contribution is -2.10. The first kappa shape index (κ1) is 26.3. The zero-order valence-corrected chi connectivity index (χ0v) is 21.3. The number of nitrogens with zero attached hydrogens (tertiary/aromatic N) is 1. The maximum absolute atomic E-state index is 12.3. The van der Waals surface area contributed by atoms with Gasteiger partial charge >= 0.3 is 0 Å². The molecule has 1 N–H and O–H groups in total. The summed E-state index contributed by atoms with van der Waals surface area (Å²) >= 11 is 5.96. The lowest BCUT2D eigenvalue weighted by Gasteiger charge is -2.05. The summed E-state index contributed by atoms with van der Waals surface area (Å²) in [5, 5.41) is 3.67. The van der Waals surface area contributed by atoms with E-state index in [2.05, 4.69) is 17.2 Å². The highest BCUT2D eigenvalue weighted by molar-refractivity contribution is 6.30. The van der Waals surface area contributed by atoms with Gasteiger partial charge in [0.05, 0.1) is 0 Å². The normalized spacial score (nSPS) is 11.2. The summed E-state index contributed by atoms with van der Waals surface area (Å²) in [6, 6.07) is 13.0. The number of carbonyl (C=O) groups is 1. The van der Waals surface area contributed by atoms with Crippen molar-refractivity contribution in [2.45, 2.75) is 96.8 Å². The summed E-state index contributed by atoms with van der Waals surface area (Å²) in [5.74, 6) is 0.603. The Morgan fingerprint density at radius 1 is 0.824 bits per heavy atom. The molecule has 34 heavy (non-hydrogen) atoms. The zero-order chi connectivity index (χ0) is 24.0. The highest BCUT2D eigenvalue weighted by atomic mass is 35.5. The highest BCUT2D eigenvalue weighted by Gasteiger charge is 2.10. The van der Waals surface area contributed by atoms with Crippen LogP contribution in [0, 0.1) is 0 Å². The van der Waals surface area contributed by atoms with E-state index in [0.717, 1.165) is 29.6 Å². The number of benzene rings is 2. The van der Waals surface area contributed by atoms with Crippen molar-refractivity contribution in [2.75, 3.05) is 5.32 Å². The van der Waals surface area contributed by atoms with Gasteiger partial charge in [-0.05, 0) is 48.9 Å². The molecule has 0 aliphatic carbocycles. The minimum Gasteiger partial charge on any atom is -0.436 e. The van der Waals surface area contributed by atoms with E-state index in [-0.39, 0.29) is 5.91 Å².